The van der Waals surface area contributed by atoms with E-state index < -0.39 is 33.3 Å². The van der Waals surface area contributed by atoms with E-state index >= 15 is 0 Å². The summed E-state index contributed by atoms with van der Waals surface area (Å²) in [6.45, 7) is 0. The lowest BCUT2D eigenvalue weighted by atomic mass is 9.55. The predicted octanol–water partition coefficient (Wildman–Crippen LogP) is 1.85. The number of halogens is 3. The summed E-state index contributed by atoms with van der Waals surface area (Å²) in [6.07, 6.45) is 4.07. The molecule has 1 atom stereocenters. The second-order valence-corrected chi connectivity index (χ2v) is 9.01. The van der Waals surface area contributed by atoms with Gasteiger partial charge in [-0.2, -0.15) is 8.42 Å². The van der Waals surface area contributed by atoms with Crippen molar-refractivity contribution in [3.8, 4) is 0 Å². The molecule has 0 radical (unpaired) electrons. The van der Waals surface area contributed by atoms with Crippen molar-refractivity contribution in [3.05, 3.63) is 0 Å². The van der Waals surface area contributed by atoms with Crippen molar-refractivity contribution >= 4 is 21.7 Å². The molecule has 0 aliphatic heterocycles. The summed E-state index contributed by atoms with van der Waals surface area (Å²) in [5.74, 6) is 1.34. The van der Waals surface area contributed by atoms with Crippen molar-refractivity contribution in [2.75, 3.05) is 0 Å². The monoisotopic (exact) mass is 347 g/mol. The van der Waals surface area contributed by atoms with E-state index in [4.69, 9.17) is 4.18 Å². The number of alkyl halides is 3. The molecular formula is C11H16F3NO4S2. The molecule has 0 amide bonds. The van der Waals surface area contributed by atoms with Crippen molar-refractivity contribution in [1.82, 2.24) is 4.13 Å². The van der Waals surface area contributed by atoms with Gasteiger partial charge in [-0.25, -0.2) is 0 Å². The molecule has 4 saturated carbocycles. The fourth-order valence-electron chi connectivity index (χ4n) is 4.34. The minimum Gasteiger partial charge on any atom is -0.590 e. The van der Waals surface area contributed by atoms with E-state index in [9.17, 15) is 26.1 Å². The molecule has 1 N–H and O–H groups in total. The number of rotatable bonds is 4. The third kappa shape index (κ3) is 3.34. The van der Waals surface area contributed by atoms with Gasteiger partial charge >= 0.3 is 15.8 Å². The molecule has 1 unspecified atom stereocenters. The first-order valence-corrected chi connectivity index (χ1v) is 9.39. The Kier molecular flexibility index (Phi) is 3.97. The van der Waals surface area contributed by atoms with Gasteiger partial charge in [-0.1, -0.05) is 0 Å². The zero-order valence-electron chi connectivity index (χ0n) is 11.0. The second kappa shape index (κ2) is 5.26. The highest BCUT2D eigenvalue weighted by Gasteiger charge is 2.52. The van der Waals surface area contributed by atoms with Gasteiger partial charge in [0.2, 0.25) is 0 Å². The zero-order chi connectivity index (χ0) is 15.4. The van der Waals surface area contributed by atoms with Crippen LogP contribution < -0.4 is 4.13 Å². The van der Waals surface area contributed by atoms with E-state index in [1.165, 1.54) is 6.42 Å². The summed E-state index contributed by atoms with van der Waals surface area (Å²) < 4.78 is 76.6. The van der Waals surface area contributed by atoms with E-state index in [0.717, 1.165) is 29.8 Å². The summed E-state index contributed by atoms with van der Waals surface area (Å²) in [7, 11) is -4.68. The molecule has 0 saturated heterocycles. The van der Waals surface area contributed by atoms with E-state index in [2.05, 4.69) is 0 Å². The fourth-order valence-corrected chi connectivity index (χ4v) is 6.22. The SMILES string of the molecule is O=S(=O)(N[S+]([O-])C(F)(F)F)OC1C2CC3CC(C2)CC1C3. The predicted molar refractivity (Wildman–Crippen MR) is 68.2 cm³/mol. The Balaban J connectivity index is 1.66. The minimum absolute atomic E-state index is 0.0807. The van der Waals surface area contributed by atoms with Crippen LogP contribution in [0, 0.1) is 23.7 Å². The first-order chi connectivity index (χ1) is 9.64. The summed E-state index contributed by atoms with van der Waals surface area (Å²) in [5.41, 5.74) is -5.14. The largest absolute Gasteiger partial charge is 0.594 e. The third-order valence-electron chi connectivity index (χ3n) is 4.77. The maximum Gasteiger partial charge on any atom is 0.594 e. The molecule has 21 heavy (non-hydrogen) atoms. The highest BCUT2D eigenvalue weighted by molar-refractivity contribution is 8.03. The molecule has 10 heteroatoms. The van der Waals surface area contributed by atoms with E-state index in [0.29, 0.717) is 11.8 Å². The van der Waals surface area contributed by atoms with Crippen LogP contribution in [0.25, 0.3) is 0 Å². The van der Waals surface area contributed by atoms with Crippen LogP contribution >= 0.6 is 0 Å². The van der Waals surface area contributed by atoms with Crippen molar-refractivity contribution in [2.45, 2.75) is 43.7 Å². The Morgan fingerprint density at radius 1 is 1.05 bits per heavy atom. The Hall–Kier alpha value is -0.0300. The lowest BCUT2D eigenvalue weighted by Gasteiger charge is -2.53. The molecule has 4 fully saturated rings. The van der Waals surface area contributed by atoms with Crippen LogP contribution in [-0.4, -0.2) is 24.6 Å². The van der Waals surface area contributed by atoms with Crippen LogP contribution in [0.5, 0.6) is 0 Å². The molecule has 0 aromatic carbocycles. The van der Waals surface area contributed by atoms with Gasteiger partial charge in [0.1, 0.15) is 0 Å². The molecule has 4 aliphatic rings. The Morgan fingerprint density at radius 3 is 1.95 bits per heavy atom. The maximum absolute atomic E-state index is 12.2. The summed E-state index contributed by atoms with van der Waals surface area (Å²) in [6, 6.07) is 0. The number of hydrogen-bond donors (Lipinski definition) is 1. The fraction of sp³-hybridized carbons (Fsp3) is 1.00. The van der Waals surface area contributed by atoms with Gasteiger partial charge < -0.3 is 4.55 Å². The Bertz CT molecular complexity index is 482. The summed E-state index contributed by atoms with van der Waals surface area (Å²) in [4.78, 5) is 0. The van der Waals surface area contributed by atoms with Gasteiger partial charge in [0.05, 0.1) is 6.10 Å². The van der Waals surface area contributed by atoms with Gasteiger partial charge in [0.25, 0.3) is 0 Å². The van der Waals surface area contributed by atoms with Crippen LogP contribution in [0.4, 0.5) is 13.2 Å². The second-order valence-electron chi connectivity index (χ2n) is 6.24. The third-order valence-corrected chi connectivity index (χ3v) is 7.08. The van der Waals surface area contributed by atoms with E-state index in [1.54, 1.807) is 0 Å². The highest BCUT2D eigenvalue weighted by atomic mass is 32.3. The van der Waals surface area contributed by atoms with E-state index in [1.807, 2.05) is 0 Å². The maximum atomic E-state index is 12.2. The minimum atomic E-state index is -5.14. The number of hydrogen-bond acceptors (Lipinski definition) is 4. The average Bonchev–Trinajstić information content (AvgIpc) is 2.31. The molecule has 4 aliphatic carbocycles. The normalized spacial score (nSPS) is 40.5. The molecular weight excluding hydrogens is 331 g/mol. The molecule has 5 nitrogen and oxygen atoms in total. The van der Waals surface area contributed by atoms with Crippen molar-refractivity contribution in [1.29, 1.82) is 0 Å². The first kappa shape index (κ1) is 15.9. The molecule has 122 valence electrons. The van der Waals surface area contributed by atoms with Crippen LogP contribution in [0.3, 0.4) is 0 Å². The topological polar surface area (TPSA) is 78.5 Å². The van der Waals surface area contributed by atoms with Crippen molar-refractivity contribution in [3.63, 3.8) is 0 Å². The average molecular weight is 347 g/mol. The van der Waals surface area contributed by atoms with Crippen LogP contribution in [0.15, 0.2) is 0 Å². The smallest absolute Gasteiger partial charge is 0.590 e. The Labute approximate surface area is 124 Å². The molecule has 4 rings (SSSR count). The standard InChI is InChI=1S/C11H16F3NO4S2/c12-11(13,14)20(16)15-21(17,18)19-10-8-2-6-1-7(4-8)5-9(10)3-6/h6-10,15H,1-5H2. The molecule has 0 aromatic rings. The van der Waals surface area contributed by atoms with Crippen molar-refractivity contribution in [2.24, 2.45) is 23.7 Å². The van der Waals surface area contributed by atoms with Crippen LogP contribution in [0.2, 0.25) is 0 Å². The lowest BCUT2D eigenvalue weighted by molar-refractivity contribution is -0.0769. The molecule has 0 aromatic heterocycles. The Morgan fingerprint density at radius 2 is 1.52 bits per heavy atom. The van der Waals surface area contributed by atoms with Crippen LogP contribution in [-0.2, 0) is 25.8 Å². The van der Waals surface area contributed by atoms with Gasteiger partial charge in [-0.3, -0.25) is 4.18 Å². The van der Waals surface area contributed by atoms with E-state index in [-0.39, 0.29) is 11.8 Å². The van der Waals surface area contributed by atoms with Gasteiger partial charge in [0.15, 0.2) is 11.4 Å². The zero-order valence-corrected chi connectivity index (χ0v) is 12.6. The van der Waals surface area contributed by atoms with Gasteiger partial charge in [0, 0.05) is 4.13 Å². The van der Waals surface area contributed by atoms with Crippen molar-refractivity contribution < 1.29 is 30.3 Å². The molecule has 0 spiro atoms. The first-order valence-electron chi connectivity index (χ1n) is 6.83. The highest BCUT2D eigenvalue weighted by Crippen LogP contribution is 2.54. The number of nitrogens with one attached hydrogen (secondary N) is 1. The van der Waals surface area contributed by atoms with Crippen LogP contribution in [0.1, 0.15) is 32.1 Å². The summed E-state index contributed by atoms with van der Waals surface area (Å²) >= 11 is -3.68. The molecule has 4 bridgehead atoms. The lowest BCUT2D eigenvalue weighted by Crippen LogP contribution is -2.52. The molecule has 0 heterocycles. The quantitative estimate of drug-likeness (QED) is 0.787. The van der Waals surface area contributed by atoms with Gasteiger partial charge in [-0.05, 0) is 55.8 Å². The summed E-state index contributed by atoms with van der Waals surface area (Å²) in [5, 5.41) is 0. The van der Waals surface area contributed by atoms with Gasteiger partial charge in [-0.15, -0.1) is 13.2 Å².